The lowest BCUT2D eigenvalue weighted by Crippen LogP contribution is -2.40. The zero-order valence-electron chi connectivity index (χ0n) is 15.1. The number of anilines is 1. The summed E-state index contributed by atoms with van der Waals surface area (Å²) in [5.41, 5.74) is 6.75. The summed E-state index contributed by atoms with van der Waals surface area (Å²) in [6, 6.07) is 1.52. The number of benzene rings is 1. The van der Waals surface area contributed by atoms with E-state index in [4.69, 9.17) is 15.6 Å². The number of nitrogens with two attached hydrogens (primary N) is 2. The van der Waals surface area contributed by atoms with Gasteiger partial charge in [-0.3, -0.25) is 9.69 Å². The molecule has 0 spiro atoms. The molecule has 2 atom stereocenters. The maximum absolute atomic E-state index is 12.8. The molecule has 3 rings (SSSR count). The Morgan fingerprint density at radius 1 is 1.46 bits per heavy atom. The van der Waals surface area contributed by atoms with Crippen molar-refractivity contribution in [1.29, 1.82) is 0 Å². The normalized spacial score (nSPS) is 22.9. The van der Waals surface area contributed by atoms with Gasteiger partial charge in [-0.05, 0) is 38.9 Å². The second-order valence-corrected chi connectivity index (χ2v) is 8.49. The number of ether oxygens (including phenoxy) is 1. The summed E-state index contributed by atoms with van der Waals surface area (Å²) in [4.78, 5) is 14.9. The molecule has 1 aromatic carbocycles. The topological polar surface area (TPSA) is 128 Å². The van der Waals surface area contributed by atoms with E-state index in [0.717, 1.165) is 25.9 Å². The van der Waals surface area contributed by atoms with Crippen LogP contribution in [0.2, 0.25) is 0 Å². The maximum Gasteiger partial charge on any atom is 0.255 e. The quantitative estimate of drug-likeness (QED) is 0.635. The maximum atomic E-state index is 12.8. The molecule has 2 unspecified atom stereocenters. The highest BCUT2D eigenvalue weighted by molar-refractivity contribution is 7.89. The largest absolute Gasteiger partial charge is 0.489 e. The fourth-order valence-corrected chi connectivity index (χ4v) is 4.54. The molecule has 1 aromatic rings. The zero-order chi connectivity index (χ0) is 19.1. The average Bonchev–Trinajstić information content (AvgIpc) is 3.17. The molecule has 26 heavy (non-hydrogen) atoms. The summed E-state index contributed by atoms with van der Waals surface area (Å²) < 4.78 is 29.5. The smallest absolute Gasteiger partial charge is 0.255 e. The number of sulfonamides is 1. The number of likely N-dealkylation sites (N-methyl/N-ethyl adjacent to an activating group) is 1. The van der Waals surface area contributed by atoms with Crippen LogP contribution in [0.5, 0.6) is 5.75 Å². The molecule has 5 N–H and O–H groups in total. The van der Waals surface area contributed by atoms with Gasteiger partial charge in [-0.15, -0.1) is 0 Å². The lowest BCUT2D eigenvalue weighted by atomic mass is 10.0. The van der Waals surface area contributed by atoms with Crippen molar-refractivity contribution in [1.82, 2.24) is 10.2 Å². The molecular formula is C17H26N4O4S. The van der Waals surface area contributed by atoms with Gasteiger partial charge in [0.05, 0.1) is 11.3 Å². The lowest BCUT2D eigenvalue weighted by Gasteiger charge is -2.23. The standard InChI is InChI=1S/C17H26N4O4S/c1-3-21-6-4-5-11(21)9-20-17(22)13-8-14(26(19,23)24)15(18)12-7-10(2)25-16(12)13/h8,10-11H,3-7,9,18H2,1-2H3,(H,20,22)(H2,19,23,24). The second kappa shape index (κ2) is 7.05. The Morgan fingerprint density at radius 3 is 2.85 bits per heavy atom. The van der Waals surface area contributed by atoms with Gasteiger partial charge in [-0.2, -0.15) is 0 Å². The number of hydrogen-bond donors (Lipinski definition) is 3. The number of nitrogen functional groups attached to an aromatic ring is 1. The van der Waals surface area contributed by atoms with E-state index in [-0.39, 0.29) is 28.2 Å². The predicted octanol–water partition coefficient (Wildman–Crippen LogP) is 0.454. The highest BCUT2D eigenvalue weighted by Gasteiger charge is 2.32. The van der Waals surface area contributed by atoms with Gasteiger partial charge in [0.25, 0.3) is 5.91 Å². The van der Waals surface area contributed by atoms with Crippen molar-refractivity contribution in [2.24, 2.45) is 5.14 Å². The van der Waals surface area contributed by atoms with Crippen LogP contribution < -0.4 is 20.9 Å². The minimum Gasteiger partial charge on any atom is -0.489 e. The monoisotopic (exact) mass is 382 g/mol. The molecule has 2 aliphatic rings. The van der Waals surface area contributed by atoms with E-state index in [9.17, 15) is 13.2 Å². The van der Waals surface area contributed by atoms with Crippen LogP contribution in [0.1, 0.15) is 42.6 Å². The van der Waals surface area contributed by atoms with Crippen LogP contribution in [-0.4, -0.2) is 51.0 Å². The van der Waals surface area contributed by atoms with Crippen LogP contribution in [-0.2, 0) is 16.4 Å². The van der Waals surface area contributed by atoms with Gasteiger partial charge < -0.3 is 15.8 Å². The molecule has 2 heterocycles. The fraction of sp³-hybridized carbons (Fsp3) is 0.588. The van der Waals surface area contributed by atoms with E-state index in [2.05, 4.69) is 17.1 Å². The minimum atomic E-state index is -4.04. The van der Waals surface area contributed by atoms with Gasteiger partial charge in [0.15, 0.2) is 0 Å². The first kappa shape index (κ1) is 18.9. The molecule has 0 radical (unpaired) electrons. The van der Waals surface area contributed by atoms with E-state index in [1.54, 1.807) is 0 Å². The van der Waals surface area contributed by atoms with Gasteiger partial charge in [0, 0.05) is 24.6 Å². The Morgan fingerprint density at radius 2 is 2.19 bits per heavy atom. The van der Waals surface area contributed by atoms with Crippen LogP contribution in [0.15, 0.2) is 11.0 Å². The number of nitrogens with one attached hydrogen (secondary N) is 1. The van der Waals surface area contributed by atoms with Gasteiger partial charge in [0.1, 0.15) is 16.7 Å². The number of fused-ring (bicyclic) bond motifs is 1. The number of hydrogen-bond acceptors (Lipinski definition) is 6. The molecule has 8 nitrogen and oxygen atoms in total. The van der Waals surface area contributed by atoms with E-state index in [1.807, 2.05) is 6.92 Å². The van der Waals surface area contributed by atoms with E-state index < -0.39 is 10.0 Å². The molecule has 1 fully saturated rings. The predicted molar refractivity (Wildman–Crippen MR) is 98.6 cm³/mol. The molecule has 1 amide bonds. The Labute approximate surface area is 153 Å². The number of rotatable bonds is 5. The van der Waals surface area contributed by atoms with E-state index >= 15 is 0 Å². The number of carbonyl (C=O) groups excluding carboxylic acids is 1. The fourth-order valence-electron chi connectivity index (χ4n) is 3.83. The van der Waals surface area contributed by atoms with Crippen molar-refractivity contribution in [3.05, 3.63) is 17.2 Å². The second-order valence-electron chi connectivity index (χ2n) is 6.96. The summed E-state index contributed by atoms with van der Waals surface area (Å²) >= 11 is 0. The molecular weight excluding hydrogens is 356 g/mol. The Balaban J connectivity index is 1.89. The van der Waals surface area contributed by atoms with Crippen LogP contribution in [0.25, 0.3) is 0 Å². The molecule has 0 bridgehead atoms. The van der Waals surface area contributed by atoms with Crippen molar-refractivity contribution < 1.29 is 17.9 Å². The molecule has 144 valence electrons. The van der Waals surface area contributed by atoms with E-state index in [1.165, 1.54) is 6.07 Å². The number of amides is 1. The summed E-state index contributed by atoms with van der Waals surface area (Å²) in [6.07, 6.45) is 2.41. The van der Waals surface area contributed by atoms with Gasteiger partial charge in [0.2, 0.25) is 10.0 Å². The van der Waals surface area contributed by atoms with E-state index in [0.29, 0.717) is 30.3 Å². The summed E-state index contributed by atoms with van der Waals surface area (Å²) in [5, 5.41) is 8.19. The number of nitrogens with zero attached hydrogens (tertiary/aromatic N) is 1. The Kier molecular flexibility index (Phi) is 5.14. The third-order valence-electron chi connectivity index (χ3n) is 5.15. The number of carbonyl (C=O) groups is 1. The molecule has 1 saturated heterocycles. The molecule has 0 saturated carbocycles. The Hall–Kier alpha value is -1.84. The lowest BCUT2D eigenvalue weighted by molar-refractivity contribution is 0.0936. The first-order chi connectivity index (χ1) is 12.2. The number of primary sulfonamides is 1. The first-order valence-electron chi connectivity index (χ1n) is 8.89. The SMILES string of the molecule is CCN1CCCC1CNC(=O)c1cc(S(N)(=O)=O)c(N)c2c1OC(C)C2. The van der Waals surface area contributed by atoms with Gasteiger partial charge >= 0.3 is 0 Å². The van der Waals surface area contributed by atoms with Gasteiger partial charge in [-0.25, -0.2) is 13.6 Å². The van der Waals surface area contributed by atoms with Crippen molar-refractivity contribution in [3.8, 4) is 5.75 Å². The van der Waals surface area contributed by atoms with Gasteiger partial charge in [-0.1, -0.05) is 6.92 Å². The Bertz CT molecular complexity index is 825. The van der Waals surface area contributed by atoms with Crippen LogP contribution in [0.4, 0.5) is 5.69 Å². The number of likely N-dealkylation sites (tertiary alicyclic amines) is 1. The first-order valence-corrected chi connectivity index (χ1v) is 10.4. The average molecular weight is 382 g/mol. The van der Waals surface area contributed by atoms with Crippen molar-refractivity contribution in [2.75, 3.05) is 25.4 Å². The molecule has 0 aliphatic carbocycles. The van der Waals surface area contributed by atoms with Crippen LogP contribution in [0, 0.1) is 0 Å². The highest BCUT2D eigenvalue weighted by atomic mass is 32.2. The third kappa shape index (κ3) is 3.51. The van der Waals surface area contributed by atoms with Crippen LogP contribution in [0.3, 0.4) is 0 Å². The van der Waals surface area contributed by atoms with Crippen molar-refractivity contribution >= 4 is 21.6 Å². The van der Waals surface area contributed by atoms with Crippen molar-refractivity contribution in [3.63, 3.8) is 0 Å². The zero-order valence-corrected chi connectivity index (χ0v) is 15.9. The van der Waals surface area contributed by atoms with Crippen molar-refractivity contribution in [2.45, 2.75) is 50.2 Å². The minimum absolute atomic E-state index is 0.0661. The third-order valence-corrected chi connectivity index (χ3v) is 6.10. The highest BCUT2D eigenvalue weighted by Crippen LogP contribution is 2.40. The molecule has 9 heteroatoms. The van der Waals surface area contributed by atoms with Crippen LogP contribution >= 0.6 is 0 Å². The summed E-state index contributed by atoms with van der Waals surface area (Å²) in [7, 11) is -4.04. The molecule has 0 aromatic heterocycles. The summed E-state index contributed by atoms with van der Waals surface area (Å²) in [6.45, 7) is 6.42. The summed E-state index contributed by atoms with van der Waals surface area (Å²) in [5.74, 6) is -0.0122. The molecule has 2 aliphatic heterocycles.